The van der Waals surface area contributed by atoms with Crippen LogP contribution in [0, 0.1) is 11.3 Å². The van der Waals surface area contributed by atoms with Gasteiger partial charge in [0.15, 0.2) is 5.16 Å². The first-order chi connectivity index (χ1) is 12.4. The van der Waals surface area contributed by atoms with Crippen LogP contribution in [0.15, 0.2) is 34.3 Å². The number of nitrogens with one attached hydrogen (secondary N) is 1. The van der Waals surface area contributed by atoms with E-state index in [9.17, 15) is 4.79 Å². The van der Waals surface area contributed by atoms with Crippen LogP contribution in [0.1, 0.15) is 25.1 Å². The zero-order valence-electron chi connectivity index (χ0n) is 14.7. The van der Waals surface area contributed by atoms with Crippen LogP contribution in [0.2, 0.25) is 0 Å². The molecule has 8 heteroatoms. The number of ether oxygens (including phenoxy) is 1. The summed E-state index contributed by atoms with van der Waals surface area (Å²) in [4.78, 5) is 22.3. The van der Waals surface area contributed by atoms with Gasteiger partial charge in [0.1, 0.15) is 10.6 Å². The number of aromatic nitrogens is 2. The molecule has 0 saturated heterocycles. The molecule has 6 nitrogen and oxygen atoms in total. The molecule has 0 fully saturated rings. The number of rotatable bonds is 5. The van der Waals surface area contributed by atoms with Crippen molar-refractivity contribution in [3.63, 3.8) is 0 Å². The normalized spacial score (nSPS) is 13.0. The third kappa shape index (κ3) is 3.94. The molecule has 0 atom stereocenters. The lowest BCUT2D eigenvalue weighted by Crippen LogP contribution is -2.29. The summed E-state index contributed by atoms with van der Waals surface area (Å²) in [6.45, 7) is 3.59. The Morgan fingerprint density at radius 3 is 2.73 bits per heavy atom. The molecule has 26 heavy (non-hydrogen) atoms. The smallest absolute Gasteiger partial charge is 0.321 e. The van der Waals surface area contributed by atoms with Gasteiger partial charge < -0.3 is 10.1 Å². The molecule has 1 aromatic carbocycles. The number of methoxy groups -OCH3 is 1. The molecule has 1 aliphatic rings. The van der Waals surface area contributed by atoms with Gasteiger partial charge in [-0.25, -0.2) is 9.97 Å². The number of hydrogen-bond donors (Lipinski definition) is 1. The van der Waals surface area contributed by atoms with Crippen LogP contribution < -0.4 is 5.32 Å². The van der Waals surface area contributed by atoms with Gasteiger partial charge in [-0.15, -0.1) is 11.8 Å². The van der Waals surface area contributed by atoms with Crippen molar-refractivity contribution < 1.29 is 9.53 Å². The van der Waals surface area contributed by atoms with Gasteiger partial charge in [0.2, 0.25) is 0 Å². The highest BCUT2D eigenvalue weighted by Gasteiger charge is 2.32. The molecule has 0 bridgehead atoms. The number of anilines is 2. The predicted molar refractivity (Wildman–Crippen MR) is 103 cm³/mol. The maximum Gasteiger partial charge on any atom is 0.321 e. The van der Waals surface area contributed by atoms with E-state index in [4.69, 9.17) is 10.00 Å². The number of nitrogens with zero attached hydrogens (tertiary/aromatic N) is 3. The fraction of sp³-hybridized carbons (Fsp3) is 0.333. The highest BCUT2D eigenvalue weighted by molar-refractivity contribution is 8.01. The van der Waals surface area contributed by atoms with E-state index in [2.05, 4.69) is 21.4 Å². The van der Waals surface area contributed by atoms with Gasteiger partial charge in [-0.2, -0.15) is 5.26 Å². The van der Waals surface area contributed by atoms with E-state index in [0.717, 1.165) is 34.3 Å². The molecule has 0 saturated carbocycles. The molecule has 1 aliphatic heterocycles. The van der Waals surface area contributed by atoms with E-state index in [1.54, 1.807) is 37.7 Å². The minimum Gasteiger partial charge on any atom is -0.468 e. The van der Waals surface area contributed by atoms with Crippen LogP contribution in [-0.2, 0) is 16.0 Å². The lowest BCUT2D eigenvalue weighted by molar-refractivity contribution is -0.142. The van der Waals surface area contributed by atoms with Gasteiger partial charge in [0.05, 0.1) is 29.3 Å². The number of benzene rings is 1. The van der Waals surface area contributed by atoms with E-state index in [-0.39, 0.29) is 5.97 Å². The SMILES string of the molecule is COC(=O)C(C)(C)Sc1nc2c(c(Nc3ccc(C#N)cc3)n1)SCC2. The van der Waals surface area contributed by atoms with E-state index in [1.807, 2.05) is 12.1 Å². The fourth-order valence-electron chi connectivity index (χ4n) is 2.46. The van der Waals surface area contributed by atoms with Crippen LogP contribution in [0.5, 0.6) is 0 Å². The number of aryl methyl sites for hydroxylation is 1. The van der Waals surface area contributed by atoms with Gasteiger partial charge in [-0.3, -0.25) is 4.79 Å². The molecule has 1 N–H and O–H groups in total. The molecule has 0 unspecified atom stereocenters. The summed E-state index contributed by atoms with van der Waals surface area (Å²) in [5, 5.41) is 12.8. The van der Waals surface area contributed by atoms with Gasteiger partial charge in [-0.05, 0) is 38.1 Å². The van der Waals surface area contributed by atoms with E-state index in [1.165, 1.54) is 18.9 Å². The molecule has 0 radical (unpaired) electrons. The van der Waals surface area contributed by atoms with Gasteiger partial charge >= 0.3 is 5.97 Å². The Kier molecular flexibility index (Phi) is 5.39. The number of nitriles is 1. The minimum atomic E-state index is -0.777. The number of fused-ring (bicyclic) bond motifs is 1. The Morgan fingerprint density at radius 1 is 1.35 bits per heavy atom. The standard InChI is InChI=1S/C18H18N4O2S2/c1-18(2,16(23)24-3)26-17-21-13-8-9-25-14(13)15(22-17)20-12-6-4-11(10-19)5-7-12/h4-7H,8-9H2,1-3H3,(H,20,21,22). The van der Waals surface area contributed by atoms with Crippen molar-refractivity contribution in [2.75, 3.05) is 18.2 Å². The molecule has 2 aromatic rings. The fourth-order valence-corrected chi connectivity index (χ4v) is 4.42. The van der Waals surface area contributed by atoms with Crippen molar-refractivity contribution >= 4 is 41.0 Å². The summed E-state index contributed by atoms with van der Waals surface area (Å²) in [5.74, 6) is 1.37. The van der Waals surface area contributed by atoms with Gasteiger partial charge in [-0.1, -0.05) is 11.8 Å². The maximum absolute atomic E-state index is 12.0. The second-order valence-electron chi connectivity index (χ2n) is 6.15. The Hall–Kier alpha value is -2.24. The molecule has 0 amide bonds. The summed E-state index contributed by atoms with van der Waals surface area (Å²) >= 11 is 3.00. The molecule has 1 aromatic heterocycles. The zero-order chi connectivity index (χ0) is 18.7. The first-order valence-electron chi connectivity index (χ1n) is 8.01. The minimum absolute atomic E-state index is 0.317. The summed E-state index contributed by atoms with van der Waals surface area (Å²) in [5.41, 5.74) is 2.44. The van der Waals surface area contributed by atoms with Crippen molar-refractivity contribution in [3.05, 3.63) is 35.5 Å². The highest BCUT2D eigenvalue weighted by atomic mass is 32.2. The third-order valence-electron chi connectivity index (χ3n) is 3.80. The first-order valence-corrected chi connectivity index (χ1v) is 9.81. The zero-order valence-corrected chi connectivity index (χ0v) is 16.3. The van der Waals surface area contributed by atoms with Crippen molar-refractivity contribution in [3.8, 4) is 6.07 Å². The quantitative estimate of drug-likeness (QED) is 0.472. The number of carbonyl (C=O) groups is 1. The van der Waals surface area contributed by atoms with Crippen LogP contribution in [0.25, 0.3) is 0 Å². The molecule has 134 valence electrons. The van der Waals surface area contributed by atoms with Crippen molar-refractivity contribution in [1.29, 1.82) is 5.26 Å². The van der Waals surface area contributed by atoms with E-state index in [0.29, 0.717) is 10.7 Å². The molecule has 0 spiro atoms. The number of thioether (sulfide) groups is 2. The molecular formula is C18H18N4O2S2. The highest BCUT2D eigenvalue weighted by Crippen LogP contribution is 2.40. The Balaban J connectivity index is 1.91. The predicted octanol–water partition coefficient (Wildman–Crippen LogP) is 3.78. The van der Waals surface area contributed by atoms with Crippen LogP contribution in [0.4, 0.5) is 11.5 Å². The average Bonchev–Trinajstić information content (AvgIpc) is 3.10. The summed E-state index contributed by atoms with van der Waals surface area (Å²) in [7, 11) is 1.38. The van der Waals surface area contributed by atoms with Crippen molar-refractivity contribution in [1.82, 2.24) is 9.97 Å². The number of esters is 1. The lowest BCUT2D eigenvalue weighted by atomic mass is 10.2. The maximum atomic E-state index is 12.0. The first kappa shape index (κ1) is 18.5. The second kappa shape index (κ2) is 7.56. The van der Waals surface area contributed by atoms with E-state index >= 15 is 0 Å². The second-order valence-corrected chi connectivity index (χ2v) is 8.84. The van der Waals surface area contributed by atoms with Crippen LogP contribution in [0.3, 0.4) is 0 Å². The Bertz CT molecular complexity index is 876. The van der Waals surface area contributed by atoms with Crippen molar-refractivity contribution in [2.45, 2.75) is 35.1 Å². The molecule has 2 heterocycles. The number of hydrogen-bond acceptors (Lipinski definition) is 8. The lowest BCUT2D eigenvalue weighted by Gasteiger charge is -2.20. The van der Waals surface area contributed by atoms with Gasteiger partial charge in [0.25, 0.3) is 0 Å². The Labute approximate surface area is 160 Å². The molecular weight excluding hydrogens is 368 g/mol. The van der Waals surface area contributed by atoms with Gasteiger partial charge in [0, 0.05) is 17.9 Å². The summed E-state index contributed by atoms with van der Waals surface area (Å²) < 4.78 is 4.09. The monoisotopic (exact) mass is 386 g/mol. The average molecular weight is 387 g/mol. The molecule has 3 rings (SSSR count). The van der Waals surface area contributed by atoms with Crippen LogP contribution in [-0.4, -0.2) is 33.5 Å². The van der Waals surface area contributed by atoms with E-state index < -0.39 is 4.75 Å². The topological polar surface area (TPSA) is 87.9 Å². The van der Waals surface area contributed by atoms with Crippen molar-refractivity contribution in [2.24, 2.45) is 0 Å². The van der Waals surface area contributed by atoms with Crippen LogP contribution >= 0.6 is 23.5 Å². The Morgan fingerprint density at radius 2 is 2.08 bits per heavy atom. The summed E-state index contributed by atoms with van der Waals surface area (Å²) in [6, 6.07) is 9.31. The molecule has 0 aliphatic carbocycles. The largest absolute Gasteiger partial charge is 0.468 e. The number of carbonyl (C=O) groups excluding carboxylic acids is 1. The summed E-state index contributed by atoms with van der Waals surface area (Å²) in [6.07, 6.45) is 0.872. The third-order valence-corrected chi connectivity index (χ3v) is 5.97.